The summed E-state index contributed by atoms with van der Waals surface area (Å²) in [5, 5.41) is 10.8. The summed E-state index contributed by atoms with van der Waals surface area (Å²) in [5.41, 5.74) is 3.25. The van der Waals surface area contributed by atoms with Gasteiger partial charge < -0.3 is 5.11 Å². The Kier molecular flexibility index (Phi) is 4.25. The Balaban J connectivity index is 3.13. The number of benzene rings is 1. The number of nitrogens with one attached hydrogen (secondary N) is 1. The number of halogens is 1. The van der Waals surface area contributed by atoms with E-state index >= 15 is 0 Å². The third-order valence-corrected chi connectivity index (χ3v) is 2.52. The lowest BCUT2D eigenvalue weighted by Gasteiger charge is -2.21. The van der Waals surface area contributed by atoms with E-state index in [-0.39, 0.29) is 11.7 Å². The van der Waals surface area contributed by atoms with E-state index in [0.29, 0.717) is 16.3 Å². The number of aliphatic hydroxyl groups excluding tert-OH is 1. The first-order valence-corrected chi connectivity index (χ1v) is 4.84. The number of hydrazine groups is 2. The molecular formula is C8H11ClN4OS. The first kappa shape index (κ1) is 12.2. The molecule has 1 aromatic rings. The molecule has 0 saturated heterocycles. The first-order chi connectivity index (χ1) is 7.11. The minimum absolute atomic E-state index is 0.131. The van der Waals surface area contributed by atoms with Crippen LogP contribution in [0.25, 0.3) is 0 Å². The minimum atomic E-state index is -0.226. The van der Waals surface area contributed by atoms with Crippen LogP contribution in [0.4, 0.5) is 5.69 Å². The fraction of sp³-hybridized carbons (Fsp3) is 0.125. The number of aliphatic hydroxyl groups is 1. The van der Waals surface area contributed by atoms with Crippen molar-refractivity contribution < 1.29 is 5.11 Å². The Labute approximate surface area is 97.5 Å². The Hall–Kier alpha value is -0.920. The minimum Gasteiger partial charge on any atom is -0.392 e. The highest BCUT2D eigenvalue weighted by atomic mass is 35.5. The zero-order chi connectivity index (χ0) is 11.4. The molecule has 15 heavy (non-hydrogen) atoms. The van der Waals surface area contributed by atoms with Crippen molar-refractivity contribution in [2.45, 2.75) is 6.61 Å². The number of nitrogens with zero attached hydrogens (tertiary/aromatic N) is 1. The van der Waals surface area contributed by atoms with Gasteiger partial charge in [0.15, 0.2) is 0 Å². The predicted octanol–water partition coefficient (Wildman–Crippen LogP) is 0.261. The topological polar surface area (TPSA) is 87.5 Å². The molecule has 0 unspecified atom stereocenters. The van der Waals surface area contributed by atoms with E-state index in [1.165, 1.54) is 0 Å². The lowest BCUT2D eigenvalue weighted by Crippen LogP contribution is -2.47. The quantitative estimate of drug-likeness (QED) is 0.340. The average Bonchev–Trinajstić information content (AvgIpc) is 2.26. The Morgan fingerprint density at radius 2 is 2.27 bits per heavy atom. The van der Waals surface area contributed by atoms with Gasteiger partial charge in [0.25, 0.3) is 0 Å². The number of hydrogen-bond acceptors (Lipinski definition) is 4. The average molecular weight is 247 g/mol. The summed E-state index contributed by atoms with van der Waals surface area (Å²) in [4.78, 5) is 0. The molecule has 0 radical (unpaired) electrons. The zero-order valence-corrected chi connectivity index (χ0v) is 9.35. The van der Waals surface area contributed by atoms with E-state index in [4.69, 9.17) is 40.6 Å². The Morgan fingerprint density at radius 3 is 2.80 bits per heavy atom. The summed E-state index contributed by atoms with van der Waals surface area (Å²) < 4.78 is 0. The lowest BCUT2D eigenvalue weighted by molar-refractivity contribution is 0.282. The molecule has 0 aromatic heterocycles. The van der Waals surface area contributed by atoms with Gasteiger partial charge in [-0.15, -0.1) is 0 Å². The van der Waals surface area contributed by atoms with Gasteiger partial charge in [0, 0.05) is 10.6 Å². The maximum atomic E-state index is 9.14. The van der Waals surface area contributed by atoms with Crippen LogP contribution in [0, 0.1) is 0 Å². The highest BCUT2D eigenvalue weighted by Gasteiger charge is 2.13. The van der Waals surface area contributed by atoms with Gasteiger partial charge in [-0.2, -0.15) is 0 Å². The molecule has 1 rings (SSSR count). The van der Waals surface area contributed by atoms with Crippen molar-refractivity contribution in [3.8, 4) is 0 Å². The SMILES string of the molecule is NNC(=S)N(N)c1cccc(Cl)c1CO. The van der Waals surface area contributed by atoms with Crippen molar-refractivity contribution in [1.82, 2.24) is 5.43 Å². The molecule has 0 bridgehead atoms. The zero-order valence-electron chi connectivity index (χ0n) is 7.77. The molecule has 0 aliphatic rings. The van der Waals surface area contributed by atoms with E-state index in [9.17, 15) is 0 Å². The monoisotopic (exact) mass is 246 g/mol. The second-order valence-electron chi connectivity index (χ2n) is 2.72. The van der Waals surface area contributed by atoms with Crippen LogP contribution in [-0.4, -0.2) is 10.2 Å². The fourth-order valence-electron chi connectivity index (χ4n) is 1.11. The largest absolute Gasteiger partial charge is 0.392 e. The van der Waals surface area contributed by atoms with Crippen LogP contribution >= 0.6 is 23.8 Å². The maximum Gasteiger partial charge on any atom is 0.202 e. The molecule has 0 amide bonds. The van der Waals surface area contributed by atoms with E-state index in [0.717, 1.165) is 5.01 Å². The standard InChI is InChI=1S/C8H11ClN4OS/c9-6-2-1-3-7(5(6)4-14)13(11)8(15)12-10/h1-3,14H,4,10-11H2,(H,12,15). The van der Waals surface area contributed by atoms with Crippen molar-refractivity contribution >= 4 is 34.6 Å². The van der Waals surface area contributed by atoms with Crippen molar-refractivity contribution in [3.63, 3.8) is 0 Å². The summed E-state index contributed by atoms with van der Waals surface area (Å²) in [7, 11) is 0. The smallest absolute Gasteiger partial charge is 0.202 e. The molecule has 7 heteroatoms. The van der Waals surface area contributed by atoms with Crippen LogP contribution in [0.1, 0.15) is 5.56 Å². The van der Waals surface area contributed by atoms with E-state index in [1.54, 1.807) is 18.2 Å². The number of anilines is 1. The summed E-state index contributed by atoms with van der Waals surface area (Å²) in [5.74, 6) is 10.8. The lowest BCUT2D eigenvalue weighted by atomic mass is 10.2. The van der Waals surface area contributed by atoms with Crippen molar-refractivity contribution in [1.29, 1.82) is 0 Å². The number of thiocarbonyl (C=S) groups is 1. The second kappa shape index (κ2) is 5.24. The summed E-state index contributed by atoms with van der Waals surface area (Å²) in [6.45, 7) is -0.226. The first-order valence-electron chi connectivity index (χ1n) is 4.05. The molecule has 82 valence electrons. The summed E-state index contributed by atoms with van der Waals surface area (Å²) >= 11 is 10.7. The molecule has 0 spiro atoms. The van der Waals surface area contributed by atoms with Crippen molar-refractivity contribution in [2.24, 2.45) is 11.7 Å². The maximum absolute atomic E-state index is 9.14. The molecule has 5 nitrogen and oxygen atoms in total. The highest BCUT2D eigenvalue weighted by molar-refractivity contribution is 7.80. The molecule has 0 saturated carbocycles. The Morgan fingerprint density at radius 1 is 1.60 bits per heavy atom. The van der Waals surface area contributed by atoms with Gasteiger partial charge in [0.1, 0.15) is 0 Å². The van der Waals surface area contributed by atoms with Gasteiger partial charge >= 0.3 is 0 Å². The number of rotatable bonds is 2. The van der Waals surface area contributed by atoms with Gasteiger partial charge in [-0.1, -0.05) is 17.7 Å². The van der Waals surface area contributed by atoms with Gasteiger partial charge in [0.2, 0.25) is 5.11 Å². The van der Waals surface area contributed by atoms with Gasteiger partial charge in [0.05, 0.1) is 12.3 Å². The van der Waals surface area contributed by atoms with Gasteiger partial charge in [-0.3, -0.25) is 10.4 Å². The fourth-order valence-corrected chi connectivity index (χ4v) is 1.44. The third-order valence-electron chi connectivity index (χ3n) is 1.85. The van der Waals surface area contributed by atoms with E-state index in [1.807, 2.05) is 0 Å². The van der Waals surface area contributed by atoms with E-state index < -0.39 is 0 Å². The number of nitrogens with two attached hydrogens (primary N) is 2. The van der Waals surface area contributed by atoms with Crippen LogP contribution in [0.2, 0.25) is 5.02 Å². The normalized spacial score (nSPS) is 9.87. The van der Waals surface area contributed by atoms with Crippen molar-refractivity contribution in [3.05, 3.63) is 28.8 Å². The van der Waals surface area contributed by atoms with Crippen LogP contribution in [0.5, 0.6) is 0 Å². The molecule has 0 aliphatic carbocycles. The molecule has 0 fully saturated rings. The molecule has 0 atom stereocenters. The molecule has 6 N–H and O–H groups in total. The molecular weight excluding hydrogens is 236 g/mol. The number of hydrogen-bond donors (Lipinski definition) is 4. The van der Waals surface area contributed by atoms with Gasteiger partial charge in [-0.25, -0.2) is 11.7 Å². The summed E-state index contributed by atoms with van der Waals surface area (Å²) in [6, 6.07) is 5.04. The molecule has 1 aromatic carbocycles. The Bertz CT molecular complexity index is 374. The second-order valence-corrected chi connectivity index (χ2v) is 3.51. The molecule has 0 heterocycles. The van der Waals surface area contributed by atoms with Crippen LogP contribution < -0.4 is 22.1 Å². The van der Waals surface area contributed by atoms with Crippen LogP contribution in [-0.2, 0) is 6.61 Å². The van der Waals surface area contributed by atoms with E-state index in [2.05, 4.69) is 5.43 Å². The highest BCUT2D eigenvalue weighted by Crippen LogP contribution is 2.26. The van der Waals surface area contributed by atoms with Gasteiger partial charge in [-0.05, 0) is 24.4 Å². The third kappa shape index (κ3) is 2.55. The van der Waals surface area contributed by atoms with Crippen LogP contribution in [0.15, 0.2) is 18.2 Å². The molecule has 0 aliphatic heterocycles. The predicted molar refractivity (Wildman–Crippen MR) is 64.0 cm³/mol. The van der Waals surface area contributed by atoms with Crippen molar-refractivity contribution in [2.75, 3.05) is 5.01 Å². The van der Waals surface area contributed by atoms with Crippen LogP contribution in [0.3, 0.4) is 0 Å². The summed E-state index contributed by atoms with van der Waals surface area (Å²) in [6.07, 6.45) is 0.